The number of aromatic nitrogens is 1. The maximum Gasteiger partial charge on any atom is 0.329 e. The number of piperidine rings is 1. The smallest absolute Gasteiger partial charge is 0.329 e. The molecule has 2 heterocycles. The molecule has 2 rings (SSSR count). The molecule has 6 heteroatoms. The molecule has 0 amide bonds. The average molecular weight is 284 g/mol. The molecule has 1 fully saturated rings. The molecular formula is C13H20N2O3S. The number of rotatable bonds is 5. The van der Waals surface area contributed by atoms with Crippen molar-refractivity contribution in [2.24, 2.45) is 0 Å². The fourth-order valence-corrected chi connectivity index (χ4v) is 3.33. The van der Waals surface area contributed by atoms with Crippen LogP contribution in [0.5, 0.6) is 0 Å². The Morgan fingerprint density at radius 1 is 1.47 bits per heavy atom. The van der Waals surface area contributed by atoms with Gasteiger partial charge in [-0.15, -0.1) is 11.3 Å². The van der Waals surface area contributed by atoms with Crippen molar-refractivity contribution in [3.8, 4) is 0 Å². The van der Waals surface area contributed by atoms with Gasteiger partial charge >= 0.3 is 5.97 Å². The van der Waals surface area contributed by atoms with Crippen molar-refractivity contribution >= 4 is 17.3 Å². The maximum atomic E-state index is 10.4. The summed E-state index contributed by atoms with van der Waals surface area (Å²) in [6, 6.07) is 0. The second kappa shape index (κ2) is 6.45. The SMILES string of the molecule is Cc1nc(C)c(CN2CCC(OCC(=O)O)CC2)s1. The van der Waals surface area contributed by atoms with Gasteiger partial charge in [0.2, 0.25) is 0 Å². The first-order valence-corrected chi connectivity index (χ1v) is 7.35. The number of thiazole rings is 1. The molecule has 5 nitrogen and oxygen atoms in total. The standard InChI is InChI=1S/C13H20N2O3S/c1-9-12(19-10(2)14-9)7-15-5-3-11(4-6-15)18-8-13(16)17/h11H,3-8H2,1-2H3,(H,16,17). The predicted octanol–water partition coefficient (Wildman–Crippen LogP) is 1.83. The summed E-state index contributed by atoms with van der Waals surface area (Å²) in [4.78, 5) is 18.6. The molecule has 0 atom stereocenters. The summed E-state index contributed by atoms with van der Waals surface area (Å²) < 4.78 is 5.33. The summed E-state index contributed by atoms with van der Waals surface area (Å²) >= 11 is 1.76. The van der Waals surface area contributed by atoms with Gasteiger partial charge in [-0.3, -0.25) is 4.90 Å². The zero-order chi connectivity index (χ0) is 13.8. The van der Waals surface area contributed by atoms with Gasteiger partial charge in [0, 0.05) is 24.5 Å². The summed E-state index contributed by atoms with van der Waals surface area (Å²) in [5.41, 5.74) is 1.13. The zero-order valence-electron chi connectivity index (χ0n) is 11.4. The second-order valence-corrected chi connectivity index (χ2v) is 6.21. The molecule has 0 aromatic carbocycles. The Kier molecular flexibility index (Phi) is 4.90. The lowest BCUT2D eigenvalue weighted by Gasteiger charge is -2.31. The average Bonchev–Trinajstić information content (AvgIpc) is 2.67. The Bertz CT molecular complexity index is 439. The number of carbonyl (C=O) groups is 1. The van der Waals surface area contributed by atoms with Gasteiger partial charge in [0.05, 0.1) is 16.8 Å². The summed E-state index contributed by atoms with van der Waals surface area (Å²) in [5.74, 6) is -0.891. The molecule has 1 aliphatic rings. The number of ether oxygens (including phenoxy) is 1. The molecule has 0 aliphatic carbocycles. The van der Waals surface area contributed by atoms with Gasteiger partial charge in [-0.05, 0) is 26.7 Å². The number of carboxylic acid groups (broad SMARTS) is 1. The maximum absolute atomic E-state index is 10.4. The van der Waals surface area contributed by atoms with Crippen LogP contribution < -0.4 is 0 Å². The van der Waals surface area contributed by atoms with Crippen LogP contribution >= 0.6 is 11.3 Å². The molecule has 1 aliphatic heterocycles. The molecule has 1 N–H and O–H groups in total. The van der Waals surface area contributed by atoms with E-state index in [1.807, 2.05) is 6.92 Å². The molecule has 1 saturated heterocycles. The Labute approximate surface area is 117 Å². The Hall–Kier alpha value is -0.980. The van der Waals surface area contributed by atoms with Crippen LogP contribution in [0.1, 0.15) is 28.4 Å². The molecule has 1 aromatic rings. The molecule has 0 bridgehead atoms. The van der Waals surface area contributed by atoms with Gasteiger partial charge in [-0.2, -0.15) is 0 Å². The fourth-order valence-electron chi connectivity index (χ4n) is 2.35. The van der Waals surface area contributed by atoms with Gasteiger partial charge in [0.25, 0.3) is 0 Å². The van der Waals surface area contributed by atoms with E-state index in [1.165, 1.54) is 4.88 Å². The largest absolute Gasteiger partial charge is 0.480 e. The first-order chi connectivity index (χ1) is 9.04. The van der Waals surface area contributed by atoms with Crippen LogP contribution in [0.3, 0.4) is 0 Å². The lowest BCUT2D eigenvalue weighted by atomic mass is 10.1. The van der Waals surface area contributed by atoms with Crippen LogP contribution in [0.15, 0.2) is 0 Å². The molecule has 0 spiro atoms. The molecular weight excluding hydrogens is 264 g/mol. The van der Waals surface area contributed by atoms with Crippen molar-refractivity contribution < 1.29 is 14.6 Å². The van der Waals surface area contributed by atoms with Gasteiger partial charge in [0.1, 0.15) is 6.61 Å². The highest BCUT2D eigenvalue weighted by Gasteiger charge is 2.21. The minimum atomic E-state index is -0.891. The lowest BCUT2D eigenvalue weighted by molar-refractivity contribution is -0.145. The first-order valence-electron chi connectivity index (χ1n) is 6.53. The van der Waals surface area contributed by atoms with Crippen LogP contribution in [0.2, 0.25) is 0 Å². The quantitative estimate of drug-likeness (QED) is 0.893. The van der Waals surface area contributed by atoms with Gasteiger partial charge in [-0.1, -0.05) is 0 Å². The molecule has 19 heavy (non-hydrogen) atoms. The third kappa shape index (κ3) is 4.26. The zero-order valence-corrected chi connectivity index (χ0v) is 12.2. The fraction of sp³-hybridized carbons (Fsp3) is 0.692. The Balaban J connectivity index is 1.77. The number of carboxylic acids is 1. The minimum Gasteiger partial charge on any atom is -0.480 e. The summed E-state index contributed by atoms with van der Waals surface area (Å²) in [6.07, 6.45) is 1.91. The summed E-state index contributed by atoms with van der Waals surface area (Å²) in [5, 5.41) is 9.70. The normalized spacial score (nSPS) is 17.8. The number of nitrogens with zero attached hydrogens (tertiary/aromatic N) is 2. The van der Waals surface area contributed by atoms with Gasteiger partial charge < -0.3 is 9.84 Å². The molecule has 1 aromatic heterocycles. The molecule has 0 radical (unpaired) electrons. The van der Waals surface area contributed by atoms with E-state index in [0.29, 0.717) is 0 Å². The monoisotopic (exact) mass is 284 g/mol. The third-order valence-electron chi connectivity index (χ3n) is 3.34. The summed E-state index contributed by atoms with van der Waals surface area (Å²) in [6.45, 7) is 6.77. The van der Waals surface area contributed by atoms with E-state index in [0.717, 1.165) is 43.2 Å². The van der Waals surface area contributed by atoms with Crippen molar-refractivity contribution in [3.05, 3.63) is 15.6 Å². The lowest BCUT2D eigenvalue weighted by Crippen LogP contribution is -2.37. The number of hydrogen-bond acceptors (Lipinski definition) is 5. The predicted molar refractivity (Wildman–Crippen MR) is 73.5 cm³/mol. The van der Waals surface area contributed by atoms with E-state index in [1.54, 1.807) is 11.3 Å². The van der Waals surface area contributed by atoms with Gasteiger partial charge in [0.15, 0.2) is 0 Å². The molecule has 0 saturated carbocycles. The topological polar surface area (TPSA) is 62.7 Å². The number of hydrogen-bond donors (Lipinski definition) is 1. The van der Waals surface area contributed by atoms with Crippen LogP contribution in [0, 0.1) is 13.8 Å². The van der Waals surface area contributed by atoms with Crippen LogP contribution in [0.25, 0.3) is 0 Å². The number of aryl methyl sites for hydroxylation is 2. The number of likely N-dealkylation sites (tertiary alicyclic amines) is 1. The van der Waals surface area contributed by atoms with Crippen LogP contribution in [-0.2, 0) is 16.1 Å². The molecule has 106 valence electrons. The van der Waals surface area contributed by atoms with Crippen LogP contribution in [0.4, 0.5) is 0 Å². The molecule has 0 unspecified atom stereocenters. The Morgan fingerprint density at radius 3 is 2.68 bits per heavy atom. The van der Waals surface area contributed by atoms with Crippen molar-refractivity contribution in [1.29, 1.82) is 0 Å². The highest BCUT2D eigenvalue weighted by atomic mass is 32.1. The minimum absolute atomic E-state index is 0.0941. The number of aliphatic carboxylic acids is 1. The van der Waals surface area contributed by atoms with E-state index in [-0.39, 0.29) is 12.7 Å². The van der Waals surface area contributed by atoms with Crippen LogP contribution in [-0.4, -0.2) is 46.8 Å². The van der Waals surface area contributed by atoms with Crippen molar-refractivity contribution in [2.45, 2.75) is 39.3 Å². The van der Waals surface area contributed by atoms with E-state index in [4.69, 9.17) is 9.84 Å². The van der Waals surface area contributed by atoms with E-state index in [2.05, 4.69) is 16.8 Å². The van der Waals surface area contributed by atoms with E-state index < -0.39 is 5.97 Å². The van der Waals surface area contributed by atoms with Crippen molar-refractivity contribution in [3.63, 3.8) is 0 Å². The summed E-state index contributed by atoms with van der Waals surface area (Å²) in [7, 11) is 0. The van der Waals surface area contributed by atoms with E-state index >= 15 is 0 Å². The highest BCUT2D eigenvalue weighted by Crippen LogP contribution is 2.22. The van der Waals surface area contributed by atoms with Crippen molar-refractivity contribution in [1.82, 2.24) is 9.88 Å². The second-order valence-electron chi connectivity index (χ2n) is 4.92. The Morgan fingerprint density at radius 2 is 2.16 bits per heavy atom. The first kappa shape index (κ1) is 14.4. The van der Waals surface area contributed by atoms with E-state index in [9.17, 15) is 4.79 Å². The highest BCUT2D eigenvalue weighted by molar-refractivity contribution is 7.11. The third-order valence-corrected chi connectivity index (χ3v) is 4.40. The van der Waals surface area contributed by atoms with Gasteiger partial charge in [-0.25, -0.2) is 9.78 Å². The van der Waals surface area contributed by atoms with Crippen molar-refractivity contribution in [2.75, 3.05) is 19.7 Å².